The fourth-order valence-corrected chi connectivity index (χ4v) is 2.70. The van der Waals surface area contributed by atoms with Gasteiger partial charge in [-0.15, -0.1) is 0 Å². The van der Waals surface area contributed by atoms with Crippen LogP contribution in [-0.4, -0.2) is 22.8 Å². The Bertz CT molecular complexity index is 842. The molecule has 3 rings (SSSR count). The van der Waals surface area contributed by atoms with Crippen LogP contribution in [0.2, 0.25) is 0 Å². The molecule has 22 heavy (non-hydrogen) atoms. The maximum absolute atomic E-state index is 13.5. The number of aliphatic imine (C=N–C) groups is 1. The van der Waals surface area contributed by atoms with E-state index in [1.807, 2.05) is 24.3 Å². The molecule has 0 aliphatic rings. The molecule has 2 N–H and O–H groups in total. The van der Waals surface area contributed by atoms with Crippen LogP contribution in [0.4, 0.5) is 4.39 Å². The Balaban J connectivity index is 1.77. The van der Waals surface area contributed by atoms with Crippen LogP contribution in [0.15, 0.2) is 51.9 Å². The Labute approximate surface area is 135 Å². The van der Waals surface area contributed by atoms with Crippen LogP contribution in [0.25, 0.3) is 10.9 Å². The highest BCUT2D eigenvalue weighted by atomic mass is 79.9. The van der Waals surface area contributed by atoms with Gasteiger partial charge in [0.15, 0.2) is 5.88 Å². The number of rotatable bonds is 4. The molecule has 1 aromatic heterocycles. The van der Waals surface area contributed by atoms with Gasteiger partial charge in [-0.05, 0) is 36.2 Å². The lowest BCUT2D eigenvalue weighted by atomic mass is 10.1. The summed E-state index contributed by atoms with van der Waals surface area (Å²) in [5.74, 6) is -0.126. The molecular weight excluding hydrogens is 347 g/mol. The van der Waals surface area contributed by atoms with Crippen LogP contribution >= 0.6 is 15.9 Å². The summed E-state index contributed by atoms with van der Waals surface area (Å²) in [6.07, 6.45) is 2.15. The van der Waals surface area contributed by atoms with E-state index in [-0.39, 0.29) is 11.7 Å². The predicted molar refractivity (Wildman–Crippen MR) is 90.2 cm³/mol. The Hall–Kier alpha value is -2.14. The Morgan fingerprint density at radius 2 is 2.05 bits per heavy atom. The number of aromatic hydroxyl groups is 1. The van der Waals surface area contributed by atoms with Crippen molar-refractivity contribution < 1.29 is 9.50 Å². The van der Waals surface area contributed by atoms with Crippen LogP contribution in [0.5, 0.6) is 5.88 Å². The zero-order valence-corrected chi connectivity index (χ0v) is 13.3. The number of hydrogen-bond acceptors (Lipinski definition) is 2. The number of benzene rings is 2. The molecule has 0 aliphatic heterocycles. The molecule has 0 unspecified atom stereocenters. The molecule has 3 nitrogen and oxygen atoms in total. The minimum Gasteiger partial charge on any atom is -0.494 e. The van der Waals surface area contributed by atoms with Crippen molar-refractivity contribution >= 4 is 33.0 Å². The number of nitrogens with zero attached hydrogens (tertiary/aromatic N) is 1. The molecule has 0 amide bonds. The molecule has 0 aliphatic carbocycles. The highest BCUT2D eigenvalue weighted by molar-refractivity contribution is 9.10. The third kappa shape index (κ3) is 3.04. The number of aromatic nitrogens is 1. The van der Waals surface area contributed by atoms with E-state index in [4.69, 9.17) is 0 Å². The minimum atomic E-state index is -0.212. The minimum absolute atomic E-state index is 0.0859. The van der Waals surface area contributed by atoms with Gasteiger partial charge in [0.25, 0.3) is 0 Å². The molecule has 1 heterocycles. The van der Waals surface area contributed by atoms with Crippen molar-refractivity contribution in [2.24, 2.45) is 4.99 Å². The van der Waals surface area contributed by atoms with Crippen LogP contribution in [-0.2, 0) is 6.42 Å². The summed E-state index contributed by atoms with van der Waals surface area (Å²) >= 11 is 3.41. The molecule has 5 heteroatoms. The van der Waals surface area contributed by atoms with Gasteiger partial charge in [0.2, 0.25) is 0 Å². The second kappa shape index (κ2) is 6.32. The number of nitrogens with one attached hydrogen (secondary N) is 1. The monoisotopic (exact) mass is 360 g/mol. The number of fused-ring (bicyclic) bond motifs is 1. The van der Waals surface area contributed by atoms with E-state index in [1.165, 1.54) is 6.07 Å². The lowest BCUT2D eigenvalue weighted by Crippen LogP contribution is -1.94. The molecule has 0 saturated carbocycles. The maximum Gasteiger partial charge on any atom is 0.198 e. The number of aromatic amines is 1. The van der Waals surface area contributed by atoms with E-state index >= 15 is 0 Å². The molecule has 0 saturated heterocycles. The predicted octanol–water partition coefficient (Wildman–Crippen LogP) is 4.44. The van der Waals surface area contributed by atoms with Gasteiger partial charge in [-0.2, -0.15) is 0 Å². The van der Waals surface area contributed by atoms with Crippen molar-refractivity contribution in [1.82, 2.24) is 4.98 Å². The topological polar surface area (TPSA) is 48.4 Å². The molecule has 112 valence electrons. The fourth-order valence-electron chi connectivity index (χ4n) is 2.34. The van der Waals surface area contributed by atoms with Gasteiger partial charge in [0.1, 0.15) is 5.82 Å². The lowest BCUT2D eigenvalue weighted by molar-refractivity contribution is 0.457. The van der Waals surface area contributed by atoms with E-state index in [0.29, 0.717) is 24.1 Å². The average Bonchev–Trinajstić information content (AvgIpc) is 2.81. The molecule has 0 spiro atoms. The number of hydrogen-bond donors (Lipinski definition) is 2. The first-order chi connectivity index (χ1) is 10.6. The number of halogens is 2. The first-order valence-electron chi connectivity index (χ1n) is 6.88. The van der Waals surface area contributed by atoms with Crippen LogP contribution in [0, 0.1) is 5.82 Å². The Morgan fingerprint density at radius 1 is 1.23 bits per heavy atom. The second-order valence-corrected chi connectivity index (χ2v) is 5.87. The molecule has 0 radical (unpaired) electrons. The first kappa shape index (κ1) is 14.8. The van der Waals surface area contributed by atoms with Gasteiger partial charge < -0.3 is 10.1 Å². The molecular formula is C17H14BrFN2O. The summed E-state index contributed by atoms with van der Waals surface area (Å²) in [6, 6.07) is 12.4. The Morgan fingerprint density at radius 3 is 2.86 bits per heavy atom. The maximum atomic E-state index is 13.5. The van der Waals surface area contributed by atoms with Gasteiger partial charge in [0, 0.05) is 28.1 Å². The molecule has 0 bridgehead atoms. The third-order valence-electron chi connectivity index (χ3n) is 3.47. The highest BCUT2D eigenvalue weighted by Gasteiger charge is 2.08. The lowest BCUT2D eigenvalue weighted by Gasteiger charge is -1.99. The second-order valence-electron chi connectivity index (χ2n) is 4.95. The highest BCUT2D eigenvalue weighted by Crippen LogP contribution is 2.28. The average molecular weight is 361 g/mol. The van der Waals surface area contributed by atoms with Gasteiger partial charge in [-0.1, -0.05) is 34.1 Å². The van der Waals surface area contributed by atoms with Crippen molar-refractivity contribution in [3.05, 3.63) is 63.9 Å². The van der Waals surface area contributed by atoms with E-state index in [2.05, 4.69) is 25.9 Å². The van der Waals surface area contributed by atoms with Crippen LogP contribution < -0.4 is 0 Å². The zero-order chi connectivity index (χ0) is 15.5. The molecule has 0 atom stereocenters. The van der Waals surface area contributed by atoms with Crippen LogP contribution in [0.1, 0.15) is 11.1 Å². The van der Waals surface area contributed by atoms with E-state index in [1.54, 1.807) is 18.3 Å². The molecule has 0 fully saturated rings. The van der Waals surface area contributed by atoms with Gasteiger partial charge >= 0.3 is 0 Å². The quantitative estimate of drug-likeness (QED) is 0.664. The van der Waals surface area contributed by atoms with E-state index in [9.17, 15) is 9.50 Å². The largest absolute Gasteiger partial charge is 0.494 e. The zero-order valence-electron chi connectivity index (χ0n) is 11.7. The Kier molecular flexibility index (Phi) is 4.24. The normalized spacial score (nSPS) is 11.5. The van der Waals surface area contributed by atoms with Crippen molar-refractivity contribution in [2.45, 2.75) is 6.42 Å². The van der Waals surface area contributed by atoms with E-state index < -0.39 is 0 Å². The van der Waals surface area contributed by atoms with Crippen molar-refractivity contribution in [3.63, 3.8) is 0 Å². The van der Waals surface area contributed by atoms with Crippen molar-refractivity contribution in [2.75, 3.05) is 6.54 Å². The molecule has 2 aromatic carbocycles. The summed E-state index contributed by atoms with van der Waals surface area (Å²) in [4.78, 5) is 7.21. The third-order valence-corrected chi connectivity index (χ3v) is 3.96. The number of H-pyrrole nitrogens is 1. The van der Waals surface area contributed by atoms with E-state index in [0.717, 1.165) is 15.4 Å². The van der Waals surface area contributed by atoms with Gasteiger partial charge in [-0.3, -0.25) is 4.99 Å². The fraction of sp³-hybridized carbons (Fsp3) is 0.118. The van der Waals surface area contributed by atoms with Crippen LogP contribution in [0.3, 0.4) is 0 Å². The van der Waals surface area contributed by atoms with Crippen molar-refractivity contribution in [1.29, 1.82) is 0 Å². The summed E-state index contributed by atoms with van der Waals surface area (Å²) in [5, 5.41) is 10.9. The standard InChI is InChI=1S/C17H14BrFN2O/c18-12-5-6-16-13(9-12)14(17(22)21-16)10-20-8-7-11-3-1-2-4-15(11)19/h1-6,9-10,21-22H,7-8H2. The van der Waals surface area contributed by atoms with Crippen molar-refractivity contribution in [3.8, 4) is 5.88 Å². The first-order valence-corrected chi connectivity index (χ1v) is 7.68. The van der Waals surface area contributed by atoms with Gasteiger partial charge in [0.05, 0.1) is 5.56 Å². The van der Waals surface area contributed by atoms with Gasteiger partial charge in [-0.25, -0.2) is 4.39 Å². The summed E-state index contributed by atoms with van der Waals surface area (Å²) in [7, 11) is 0. The molecule has 3 aromatic rings. The summed E-state index contributed by atoms with van der Waals surface area (Å²) in [6.45, 7) is 0.459. The smallest absolute Gasteiger partial charge is 0.198 e. The summed E-state index contributed by atoms with van der Waals surface area (Å²) in [5.41, 5.74) is 2.13. The summed E-state index contributed by atoms with van der Waals surface area (Å²) < 4.78 is 14.4. The SMILES string of the molecule is Oc1[nH]c2ccc(Br)cc2c1C=NCCc1ccccc1F.